The maximum absolute atomic E-state index is 12.9. The van der Waals surface area contributed by atoms with Crippen LogP contribution in [0.5, 0.6) is 5.75 Å². The van der Waals surface area contributed by atoms with Gasteiger partial charge in [-0.25, -0.2) is 0 Å². The number of hydrogen-bond acceptors (Lipinski definition) is 4. The Kier molecular flexibility index (Phi) is 5.88. The predicted molar refractivity (Wildman–Crippen MR) is 106 cm³/mol. The SMILES string of the molecule is O=C(C1CCC1)N1CCC2(CCCCc3ccccc3OCCOC2=O)CC1. The smallest absolute Gasteiger partial charge is 0.312 e. The zero-order chi connectivity index (χ0) is 19.4. The third-order valence-electron chi connectivity index (χ3n) is 6.82. The van der Waals surface area contributed by atoms with Gasteiger partial charge in [0.2, 0.25) is 5.91 Å². The molecular weight excluding hydrogens is 354 g/mol. The standard InChI is InChI=1S/C23H31NO4/c25-21(19-8-5-9-19)24-14-12-23(13-15-24)11-4-3-7-18-6-1-2-10-20(18)27-16-17-28-22(23)26/h1-2,6,10,19H,3-5,7-9,11-17H2. The normalized spacial score (nSPS) is 23.4. The number of benzene rings is 1. The molecule has 2 aliphatic heterocycles. The van der Waals surface area contributed by atoms with Crippen molar-refractivity contribution in [1.29, 1.82) is 0 Å². The molecule has 1 aromatic carbocycles. The van der Waals surface area contributed by atoms with E-state index in [-0.39, 0.29) is 18.5 Å². The molecule has 3 aliphatic rings. The van der Waals surface area contributed by atoms with E-state index >= 15 is 0 Å². The summed E-state index contributed by atoms with van der Waals surface area (Å²) in [4.78, 5) is 27.5. The highest BCUT2D eigenvalue weighted by Gasteiger charge is 2.44. The van der Waals surface area contributed by atoms with Crippen molar-refractivity contribution < 1.29 is 19.1 Å². The number of hydrogen-bond donors (Lipinski definition) is 0. The number of aryl methyl sites for hydroxylation is 1. The minimum absolute atomic E-state index is 0.0966. The zero-order valence-corrected chi connectivity index (χ0v) is 16.7. The first-order chi connectivity index (χ1) is 13.7. The second-order valence-electron chi connectivity index (χ2n) is 8.53. The number of carbonyl (C=O) groups excluding carboxylic acids is 2. The van der Waals surface area contributed by atoms with Crippen LogP contribution in [0.4, 0.5) is 0 Å². The molecule has 4 rings (SSSR count). The summed E-state index contributed by atoms with van der Waals surface area (Å²) in [6.45, 7) is 2.03. The Hall–Kier alpha value is -2.04. The van der Waals surface area contributed by atoms with Crippen LogP contribution in [0.3, 0.4) is 0 Å². The van der Waals surface area contributed by atoms with Crippen molar-refractivity contribution in [2.24, 2.45) is 11.3 Å². The lowest BCUT2D eigenvalue weighted by atomic mass is 9.73. The lowest BCUT2D eigenvalue weighted by Crippen LogP contribution is -2.49. The van der Waals surface area contributed by atoms with E-state index in [1.165, 1.54) is 12.0 Å². The highest BCUT2D eigenvalue weighted by Crippen LogP contribution is 2.40. The van der Waals surface area contributed by atoms with E-state index in [1.54, 1.807) is 0 Å². The maximum Gasteiger partial charge on any atom is 0.312 e. The van der Waals surface area contributed by atoms with Crippen LogP contribution in [0.15, 0.2) is 24.3 Å². The number of esters is 1. The second kappa shape index (κ2) is 8.54. The third kappa shape index (κ3) is 4.03. The van der Waals surface area contributed by atoms with Crippen LogP contribution in [0.25, 0.3) is 0 Å². The van der Waals surface area contributed by atoms with E-state index in [0.717, 1.165) is 57.1 Å². The van der Waals surface area contributed by atoms with Crippen LogP contribution in [-0.2, 0) is 20.7 Å². The van der Waals surface area contributed by atoms with Crippen molar-refractivity contribution >= 4 is 11.9 Å². The largest absolute Gasteiger partial charge is 0.490 e. The average Bonchev–Trinajstić information content (AvgIpc) is 2.67. The van der Waals surface area contributed by atoms with Crippen molar-refractivity contribution in [3.63, 3.8) is 0 Å². The third-order valence-corrected chi connectivity index (χ3v) is 6.82. The zero-order valence-electron chi connectivity index (χ0n) is 16.7. The quantitative estimate of drug-likeness (QED) is 0.691. The van der Waals surface area contributed by atoms with E-state index in [0.29, 0.717) is 25.6 Å². The summed E-state index contributed by atoms with van der Waals surface area (Å²) < 4.78 is 11.5. The summed E-state index contributed by atoms with van der Waals surface area (Å²) in [6.07, 6.45) is 8.51. The predicted octanol–water partition coefficient (Wildman–Crippen LogP) is 3.74. The van der Waals surface area contributed by atoms with Crippen molar-refractivity contribution in [1.82, 2.24) is 4.90 Å². The van der Waals surface area contributed by atoms with Gasteiger partial charge in [0.05, 0.1) is 5.41 Å². The molecule has 28 heavy (non-hydrogen) atoms. The summed E-state index contributed by atoms with van der Waals surface area (Å²) in [6, 6.07) is 8.13. The van der Waals surface area contributed by atoms with Gasteiger partial charge in [-0.1, -0.05) is 31.0 Å². The number of amides is 1. The molecule has 2 heterocycles. The molecule has 1 saturated heterocycles. The summed E-state index contributed by atoms with van der Waals surface area (Å²) in [5, 5.41) is 0. The van der Waals surface area contributed by atoms with Gasteiger partial charge >= 0.3 is 5.97 Å². The lowest BCUT2D eigenvalue weighted by Gasteiger charge is -2.42. The Morgan fingerprint density at radius 3 is 2.46 bits per heavy atom. The molecule has 5 nitrogen and oxygen atoms in total. The Bertz CT molecular complexity index is 704. The van der Waals surface area contributed by atoms with Gasteiger partial charge in [0, 0.05) is 19.0 Å². The molecule has 0 unspecified atom stereocenters. The Balaban J connectivity index is 1.40. The van der Waals surface area contributed by atoms with Gasteiger partial charge in [-0.15, -0.1) is 0 Å². The number of rotatable bonds is 1. The van der Waals surface area contributed by atoms with Gasteiger partial charge in [0.1, 0.15) is 19.0 Å². The van der Waals surface area contributed by atoms with E-state index in [4.69, 9.17) is 9.47 Å². The fourth-order valence-electron chi connectivity index (χ4n) is 4.69. The number of carbonyl (C=O) groups is 2. The molecular formula is C23H31NO4. The van der Waals surface area contributed by atoms with Crippen molar-refractivity contribution in [2.75, 3.05) is 26.3 Å². The molecule has 152 valence electrons. The Labute approximate surface area is 167 Å². The number of cyclic esters (lactones) is 1. The summed E-state index contributed by atoms with van der Waals surface area (Å²) >= 11 is 0. The Morgan fingerprint density at radius 2 is 1.71 bits per heavy atom. The maximum atomic E-state index is 12.9. The molecule has 1 aliphatic carbocycles. The van der Waals surface area contributed by atoms with Crippen LogP contribution in [0.1, 0.15) is 56.9 Å². The first-order valence-electron chi connectivity index (χ1n) is 10.8. The molecule has 0 N–H and O–H groups in total. The number of piperidine rings is 1. The van der Waals surface area contributed by atoms with Crippen LogP contribution in [0, 0.1) is 11.3 Å². The minimum Gasteiger partial charge on any atom is -0.490 e. The van der Waals surface area contributed by atoms with E-state index in [2.05, 4.69) is 6.07 Å². The summed E-state index contributed by atoms with van der Waals surface area (Å²) in [5.41, 5.74) is 0.791. The molecule has 1 aromatic rings. The average molecular weight is 386 g/mol. The van der Waals surface area contributed by atoms with E-state index in [1.807, 2.05) is 23.1 Å². The van der Waals surface area contributed by atoms with Crippen molar-refractivity contribution in [3.05, 3.63) is 29.8 Å². The molecule has 1 amide bonds. The topological polar surface area (TPSA) is 55.8 Å². The number of likely N-dealkylation sites (tertiary alicyclic amines) is 1. The van der Waals surface area contributed by atoms with Crippen LogP contribution in [-0.4, -0.2) is 43.1 Å². The highest BCUT2D eigenvalue weighted by molar-refractivity contribution is 5.81. The number of para-hydroxylation sites is 1. The van der Waals surface area contributed by atoms with Gasteiger partial charge < -0.3 is 14.4 Å². The molecule has 0 bridgehead atoms. The van der Waals surface area contributed by atoms with Crippen molar-refractivity contribution in [2.45, 2.75) is 57.8 Å². The van der Waals surface area contributed by atoms with Crippen LogP contribution in [0.2, 0.25) is 0 Å². The van der Waals surface area contributed by atoms with E-state index < -0.39 is 5.41 Å². The highest BCUT2D eigenvalue weighted by atomic mass is 16.6. The molecule has 0 radical (unpaired) electrons. The molecule has 1 saturated carbocycles. The molecule has 0 aromatic heterocycles. The van der Waals surface area contributed by atoms with Gasteiger partial charge in [-0.2, -0.15) is 0 Å². The monoisotopic (exact) mass is 385 g/mol. The van der Waals surface area contributed by atoms with Gasteiger partial charge in [0.15, 0.2) is 0 Å². The van der Waals surface area contributed by atoms with E-state index in [9.17, 15) is 9.59 Å². The second-order valence-corrected chi connectivity index (χ2v) is 8.53. The first kappa shape index (κ1) is 19.3. The lowest BCUT2D eigenvalue weighted by molar-refractivity contribution is -0.163. The van der Waals surface area contributed by atoms with Crippen molar-refractivity contribution in [3.8, 4) is 5.75 Å². The number of fused-ring (bicyclic) bond motifs is 1. The molecule has 5 heteroatoms. The molecule has 0 atom stereocenters. The minimum atomic E-state index is -0.435. The van der Waals surface area contributed by atoms with Crippen LogP contribution >= 0.6 is 0 Å². The van der Waals surface area contributed by atoms with Crippen LogP contribution < -0.4 is 4.74 Å². The molecule has 2 fully saturated rings. The number of nitrogens with zero attached hydrogens (tertiary/aromatic N) is 1. The summed E-state index contributed by atoms with van der Waals surface area (Å²) in [5.74, 6) is 1.33. The fraction of sp³-hybridized carbons (Fsp3) is 0.652. The van der Waals surface area contributed by atoms with Gasteiger partial charge in [0.25, 0.3) is 0 Å². The molecule has 1 spiro atoms. The summed E-state index contributed by atoms with van der Waals surface area (Å²) in [7, 11) is 0. The van der Waals surface area contributed by atoms with Gasteiger partial charge in [-0.3, -0.25) is 9.59 Å². The first-order valence-corrected chi connectivity index (χ1v) is 10.8. The Morgan fingerprint density at radius 1 is 0.964 bits per heavy atom. The fourth-order valence-corrected chi connectivity index (χ4v) is 4.69. The number of ether oxygens (including phenoxy) is 2. The van der Waals surface area contributed by atoms with Gasteiger partial charge in [-0.05, 0) is 56.6 Å².